The van der Waals surface area contributed by atoms with Crippen molar-refractivity contribution in [1.29, 1.82) is 0 Å². The largest absolute Gasteiger partial charge is 0.469 e. The fourth-order valence-corrected chi connectivity index (χ4v) is 8.54. The number of aliphatic hydroxyl groups is 1. The average Bonchev–Trinajstić information content (AvgIpc) is 3.19. The molecule has 1 N–H and O–H groups in total. The lowest BCUT2D eigenvalue weighted by atomic mass is 9.62. The summed E-state index contributed by atoms with van der Waals surface area (Å²) in [4.78, 5) is 29.3. The Morgan fingerprint density at radius 1 is 1.19 bits per heavy atom. The van der Waals surface area contributed by atoms with Gasteiger partial charge < -0.3 is 19.5 Å². The third-order valence-electron chi connectivity index (χ3n) is 9.45. The van der Waals surface area contributed by atoms with Gasteiger partial charge in [0.2, 0.25) is 0 Å². The highest BCUT2D eigenvalue weighted by Gasteiger charge is 2.77. The van der Waals surface area contributed by atoms with Crippen molar-refractivity contribution in [1.82, 2.24) is 4.90 Å². The van der Waals surface area contributed by atoms with E-state index in [1.54, 1.807) is 0 Å². The van der Waals surface area contributed by atoms with Crippen LogP contribution in [0.25, 0.3) is 0 Å². The standard InChI is InChI=1S/C25H32N2O5/c1-4-13-14-11-17-22-25(15-7-5-6-8-16(15)26(22)2)12-18(27(17)24(13)30)21(14)23(25)32-20(29)10-9-19(28)31-3/h5-8,13-14,17-18,21-24,30H,4,9-12H2,1-3H3/t13-,14?,17-,18-,21?,22-,23+,24+,25?/m0/s1. The van der Waals surface area contributed by atoms with Crippen molar-refractivity contribution in [2.45, 2.75) is 74.9 Å². The number of benzene rings is 1. The van der Waals surface area contributed by atoms with Crippen molar-refractivity contribution >= 4 is 17.6 Å². The molecule has 5 aliphatic heterocycles. The summed E-state index contributed by atoms with van der Waals surface area (Å²) < 4.78 is 11.1. The van der Waals surface area contributed by atoms with Gasteiger partial charge in [-0.25, -0.2) is 0 Å². The molecule has 10 atom stereocenters. The van der Waals surface area contributed by atoms with Crippen LogP contribution >= 0.6 is 0 Å². The Bertz CT molecular complexity index is 967. The molecule has 4 saturated heterocycles. The predicted molar refractivity (Wildman–Crippen MR) is 117 cm³/mol. The minimum atomic E-state index is -0.422. The molecule has 6 aliphatic rings. The molecule has 7 rings (SSSR count). The van der Waals surface area contributed by atoms with Crippen molar-refractivity contribution in [3.8, 4) is 0 Å². The van der Waals surface area contributed by atoms with Crippen LogP contribution in [0.4, 0.5) is 5.69 Å². The Morgan fingerprint density at radius 2 is 1.94 bits per heavy atom. The lowest BCUT2D eigenvalue weighted by molar-refractivity contribution is -0.213. The number of rotatable bonds is 5. The molecule has 0 amide bonds. The number of fused-ring (bicyclic) bond motifs is 2. The van der Waals surface area contributed by atoms with Crippen LogP contribution in [0.1, 0.15) is 44.6 Å². The first kappa shape index (κ1) is 20.5. The Balaban J connectivity index is 1.44. The number of nitrogens with zero attached hydrogens (tertiary/aromatic N) is 2. The first-order valence-electron chi connectivity index (χ1n) is 12.0. The molecule has 5 heterocycles. The zero-order valence-corrected chi connectivity index (χ0v) is 18.9. The maximum absolute atomic E-state index is 13.0. The Hall–Kier alpha value is -2.12. The molecule has 172 valence electrons. The van der Waals surface area contributed by atoms with Crippen LogP contribution in [0.5, 0.6) is 0 Å². The van der Waals surface area contributed by atoms with Gasteiger partial charge in [0, 0.05) is 36.7 Å². The van der Waals surface area contributed by atoms with E-state index in [0.29, 0.717) is 5.92 Å². The predicted octanol–water partition coefficient (Wildman–Crippen LogP) is 2.06. The van der Waals surface area contributed by atoms with Crippen LogP contribution in [0.3, 0.4) is 0 Å². The van der Waals surface area contributed by atoms with Gasteiger partial charge >= 0.3 is 11.9 Å². The zero-order valence-electron chi connectivity index (χ0n) is 18.9. The van der Waals surface area contributed by atoms with E-state index >= 15 is 0 Å². The number of para-hydroxylation sites is 1. The fraction of sp³-hybridized carbons (Fsp3) is 0.680. The van der Waals surface area contributed by atoms with Crippen molar-refractivity contribution in [3.05, 3.63) is 29.8 Å². The first-order chi connectivity index (χ1) is 15.4. The lowest BCUT2D eigenvalue weighted by Crippen LogP contribution is -2.72. The van der Waals surface area contributed by atoms with Crippen molar-refractivity contribution in [2.24, 2.45) is 17.8 Å². The second-order valence-corrected chi connectivity index (χ2v) is 10.3. The third kappa shape index (κ3) is 2.34. The molecule has 1 spiro atoms. The van der Waals surface area contributed by atoms with E-state index < -0.39 is 12.2 Å². The molecule has 0 aromatic heterocycles. The summed E-state index contributed by atoms with van der Waals surface area (Å²) in [7, 11) is 3.49. The second-order valence-electron chi connectivity index (χ2n) is 10.3. The molecular formula is C25H32N2O5. The summed E-state index contributed by atoms with van der Waals surface area (Å²) in [5.41, 5.74) is 2.22. The van der Waals surface area contributed by atoms with E-state index in [9.17, 15) is 14.7 Å². The molecule has 32 heavy (non-hydrogen) atoms. The van der Waals surface area contributed by atoms with Crippen molar-refractivity contribution in [3.63, 3.8) is 0 Å². The zero-order chi connectivity index (χ0) is 22.4. The maximum atomic E-state index is 13.0. The van der Waals surface area contributed by atoms with Gasteiger partial charge in [-0.05, 0) is 36.8 Å². The molecule has 1 aliphatic carbocycles. The quantitative estimate of drug-likeness (QED) is 0.702. The molecule has 7 nitrogen and oxygen atoms in total. The third-order valence-corrected chi connectivity index (χ3v) is 9.45. The molecule has 1 aromatic carbocycles. The molecule has 5 bridgehead atoms. The van der Waals surface area contributed by atoms with Crippen LogP contribution in [0.2, 0.25) is 0 Å². The number of ether oxygens (including phenoxy) is 2. The summed E-state index contributed by atoms with van der Waals surface area (Å²) >= 11 is 0. The Kier molecular flexibility index (Phi) is 4.44. The minimum absolute atomic E-state index is 0.0381. The summed E-state index contributed by atoms with van der Waals surface area (Å²) in [6.07, 6.45) is 2.28. The number of anilines is 1. The second kappa shape index (κ2) is 6.94. The summed E-state index contributed by atoms with van der Waals surface area (Å²) in [5.74, 6) is 0.0499. The fourth-order valence-electron chi connectivity index (χ4n) is 8.54. The van der Waals surface area contributed by atoms with E-state index in [0.717, 1.165) is 19.3 Å². The van der Waals surface area contributed by atoms with Crippen LogP contribution in [-0.2, 0) is 24.5 Å². The molecule has 4 unspecified atom stereocenters. The van der Waals surface area contributed by atoms with E-state index in [4.69, 9.17) is 9.47 Å². The maximum Gasteiger partial charge on any atom is 0.306 e. The van der Waals surface area contributed by atoms with Gasteiger partial charge in [0.1, 0.15) is 12.3 Å². The number of piperidine rings is 4. The van der Waals surface area contributed by atoms with Crippen LogP contribution in [-0.4, -0.2) is 66.6 Å². The van der Waals surface area contributed by atoms with Gasteiger partial charge in [-0.1, -0.05) is 25.1 Å². The number of aliphatic hydroxyl groups excluding tert-OH is 1. The Morgan fingerprint density at radius 3 is 2.69 bits per heavy atom. The number of esters is 2. The van der Waals surface area contributed by atoms with Gasteiger partial charge in [0.05, 0.1) is 31.4 Å². The van der Waals surface area contributed by atoms with Gasteiger partial charge in [0.15, 0.2) is 0 Å². The van der Waals surface area contributed by atoms with Crippen molar-refractivity contribution in [2.75, 3.05) is 19.1 Å². The van der Waals surface area contributed by atoms with E-state index in [-0.39, 0.29) is 60.3 Å². The van der Waals surface area contributed by atoms with Crippen LogP contribution in [0, 0.1) is 17.8 Å². The average molecular weight is 441 g/mol. The van der Waals surface area contributed by atoms with Gasteiger partial charge in [-0.3, -0.25) is 14.5 Å². The molecule has 0 radical (unpaired) electrons. The van der Waals surface area contributed by atoms with E-state index in [2.05, 4.69) is 48.0 Å². The molecule has 1 saturated carbocycles. The van der Waals surface area contributed by atoms with Gasteiger partial charge in [-0.15, -0.1) is 0 Å². The normalized spacial score (nSPS) is 44.4. The van der Waals surface area contributed by atoms with Crippen LogP contribution < -0.4 is 4.90 Å². The van der Waals surface area contributed by atoms with Gasteiger partial charge in [-0.2, -0.15) is 0 Å². The summed E-state index contributed by atoms with van der Waals surface area (Å²) in [5, 5.41) is 11.3. The minimum Gasteiger partial charge on any atom is -0.469 e. The molecular weight excluding hydrogens is 408 g/mol. The molecule has 7 heteroatoms. The molecule has 1 aromatic rings. The number of likely N-dealkylation sites (N-methyl/N-ethyl adjacent to an activating group) is 1. The summed E-state index contributed by atoms with van der Waals surface area (Å²) in [6, 6.07) is 9.17. The van der Waals surface area contributed by atoms with Crippen molar-refractivity contribution < 1.29 is 24.2 Å². The number of methoxy groups -OCH3 is 1. The number of carbonyl (C=O) groups is 2. The highest BCUT2D eigenvalue weighted by molar-refractivity contribution is 5.78. The number of carbonyl (C=O) groups excluding carboxylic acids is 2. The summed E-state index contributed by atoms with van der Waals surface area (Å²) in [6.45, 7) is 2.15. The number of hydrogen-bond acceptors (Lipinski definition) is 7. The monoisotopic (exact) mass is 440 g/mol. The Labute approximate surface area is 188 Å². The topological polar surface area (TPSA) is 79.3 Å². The molecule has 5 fully saturated rings. The van der Waals surface area contributed by atoms with Gasteiger partial charge in [0.25, 0.3) is 0 Å². The first-order valence-corrected chi connectivity index (χ1v) is 12.0. The van der Waals surface area contributed by atoms with Crippen LogP contribution in [0.15, 0.2) is 24.3 Å². The number of hydrogen-bond donors (Lipinski definition) is 1. The smallest absolute Gasteiger partial charge is 0.306 e. The lowest BCUT2D eigenvalue weighted by Gasteiger charge is -2.62. The van der Waals surface area contributed by atoms with E-state index in [1.807, 2.05) is 0 Å². The highest BCUT2D eigenvalue weighted by Crippen LogP contribution is 2.69. The van der Waals surface area contributed by atoms with E-state index in [1.165, 1.54) is 18.4 Å². The highest BCUT2D eigenvalue weighted by atomic mass is 16.5. The SMILES string of the molecule is CC[C@H]1C2C[C@H]3[C@@H]4N(C)c5ccccc5C45C[C@@H](C2[C@H]5OC(=O)CCC(=O)OC)N3[C@@H]1O.